The van der Waals surface area contributed by atoms with E-state index in [1.54, 1.807) is 0 Å². The van der Waals surface area contributed by atoms with Gasteiger partial charge in [0.1, 0.15) is 6.54 Å². The number of carbonyl (C=O) groups is 3. The molecule has 0 atom stereocenters. The van der Waals surface area contributed by atoms with Crippen molar-refractivity contribution in [1.82, 2.24) is 10.2 Å². The van der Waals surface area contributed by atoms with Crippen LogP contribution in [0.15, 0.2) is 12.2 Å². The van der Waals surface area contributed by atoms with Crippen molar-refractivity contribution >= 4 is 17.7 Å². The summed E-state index contributed by atoms with van der Waals surface area (Å²) >= 11 is 0. The van der Waals surface area contributed by atoms with Crippen LogP contribution in [0.2, 0.25) is 0 Å². The van der Waals surface area contributed by atoms with Gasteiger partial charge in [0.05, 0.1) is 0 Å². The summed E-state index contributed by atoms with van der Waals surface area (Å²) in [4.78, 5) is 34.8. The second-order valence-electron chi connectivity index (χ2n) is 4.15. The number of carbonyl (C=O) groups excluding carboxylic acids is 3. The summed E-state index contributed by atoms with van der Waals surface area (Å²) in [5, 5.41) is 2.68. The van der Waals surface area contributed by atoms with E-state index in [-0.39, 0.29) is 12.5 Å². The smallest absolute Gasteiger partial charge is 0.254 e. The number of nitrogens with zero attached hydrogens (tertiary/aromatic N) is 1. The van der Waals surface area contributed by atoms with Crippen molar-refractivity contribution in [3.63, 3.8) is 0 Å². The van der Waals surface area contributed by atoms with Crippen LogP contribution in [0.3, 0.4) is 0 Å². The van der Waals surface area contributed by atoms with Crippen molar-refractivity contribution in [3.8, 4) is 0 Å². The highest BCUT2D eigenvalue weighted by atomic mass is 16.2. The maximum absolute atomic E-state index is 11.5. The third kappa shape index (κ3) is 4.67. The van der Waals surface area contributed by atoms with Gasteiger partial charge in [-0.25, -0.2) is 0 Å². The maximum Gasteiger partial charge on any atom is 0.254 e. The van der Waals surface area contributed by atoms with Crippen LogP contribution in [-0.2, 0) is 14.4 Å². The van der Waals surface area contributed by atoms with Gasteiger partial charge < -0.3 is 11.1 Å². The van der Waals surface area contributed by atoms with Crippen LogP contribution in [-0.4, -0.2) is 42.3 Å². The molecule has 6 nitrogen and oxygen atoms in total. The number of nitrogens with one attached hydrogen (secondary N) is 1. The summed E-state index contributed by atoms with van der Waals surface area (Å²) in [6, 6.07) is 0. The van der Waals surface area contributed by atoms with Crippen LogP contribution in [0.1, 0.15) is 25.7 Å². The van der Waals surface area contributed by atoms with E-state index in [0.717, 1.165) is 30.6 Å². The van der Waals surface area contributed by atoms with E-state index in [4.69, 9.17) is 5.73 Å². The molecule has 3 N–H and O–H groups in total. The third-order valence-corrected chi connectivity index (χ3v) is 2.66. The Bertz CT molecular complexity index is 334. The lowest BCUT2D eigenvalue weighted by Crippen LogP contribution is -2.40. The van der Waals surface area contributed by atoms with Crippen LogP contribution in [0, 0.1) is 0 Å². The Balaban J connectivity index is 2.11. The zero-order chi connectivity index (χ0) is 13.4. The van der Waals surface area contributed by atoms with Crippen molar-refractivity contribution < 1.29 is 14.4 Å². The minimum atomic E-state index is -0.432. The second kappa shape index (κ2) is 7.60. The Morgan fingerprint density at radius 3 is 2.33 bits per heavy atom. The summed E-state index contributed by atoms with van der Waals surface area (Å²) in [5.41, 5.74) is 5.36. The van der Waals surface area contributed by atoms with Gasteiger partial charge in [-0.2, -0.15) is 0 Å². The molecule has 18 heavy (non-hydrogen) atoms. The van der Waals surface area contributed by atoms with E-state index < -0.39 is 11.8 Å². The first kappa shape index (κ1) is 14.4. The topological polar surface area (TPSA) is 92.5 Å². The second-order valence-corrected chi connectivity index (χ2v) is 4.15. The lowest BCUT2D eigenvalue weighted by molar-refractivity contribution is -0.141. The highest BCUT2D eigenvalue weighted by Crippen LogP contribution is 2.02. The van der Waals surface area contributed by atoms with Gasteiger partial charge in [0.25, 0.3) is 11.8 Å². The van der Waals surface area contributed by atoms with Gasteiger partial charge in [0.2, 0.25) is 5.91 Å². The zero-order valence-electron chi connectivity index (χ0n) is 10.4. The number of rotatable bonds is 8. The SMILES string of the molecule is NCCCCCCNC(=O)CN1C(=O)C=CC1=O. The summed E-state index contributed by atoms with van der Waals surface area (Å²) in [5.74, 6) is -1.17. The average molecular weight is 253 g/mol. The summed E-state index contributed by atoms with van der Waals surface area (Å²) in [6.07, 6.45) is 6.28. The highest BCUT2D eigenvalue weighted by Gasteiger charge is 2.25. The maximum atomic E-state index is 11.5. The predicted molar refractivity (Wildman–Crippen MR) is 66.4 cm³/mol. The molecular formula is C12H19N3O3. The minimum Gasteiger partial charge on any atom is -0.355 e. The largest absolute Gasteiger partial charge is 0.355 e. The van der Waals surface area contributed by atoms with Crippen LogP contribution in [0.4, 0.5) is 0 Å². The van der Waals surface area contributed by atoms with Crippen LogP contribution in [0.25, 0.3) is 0 Å². The molecule has 0 radical (unpaired) electrons. The first-order valence-corrected chi connectivity index (χ1v) is 6.15. The number of hydrogen-bond donors (Lipinski definition) is 2. The van der Waals surface area contributed by atoms with Gasteiger partial charge in [0, 0.05) is 18.7 Å². The van der Waals surface area contributed by atoms with E-state index in [1.807, 2.05) is 0 Å². The van der Waals surface area contributed by atoms with Crippen molar-refractivity contribution in [2.45, 2.75) is 25.7 Å². The normalized spacial score (nSPS) is 14.4. The van der Waals surface area contributed by atoms with Gasteiger partial charge in [0.15, 0.2) is 0 Å². The summed E-state index contributed by atoms with van der Waals surface area (Å²) in [7, 11) is 0. The summed E-state index contributed by atoms with van der Waals surface area (Å²) < 4.78 is 0. The number of unbranched alkanes of at least 4 members (excludes halogenated alkanes) is 3. The van der Waals surface area contributed by atoms with Gasteiger partial charge in [-0.05, 0) is 19.4 Å². The molecule has 0 aliphatic carbocycles. The first-order chi connectivity index (χ1) is 8.65. The quantitative estimate of drug-likeness (QED) is 0.452. The van der Waals surface area contributed by atoms with Gasteiger partial charge >= 0.3 is 0 Å². The molecule has 0 aromatic rings. The molecule has 0 aromatic heterocycles. The molecule has 0 saturated heterocycles. The van der Waals surface area contributed by atoms with Gasteiger partial charge in [-0.1, -0.05) is 12.8 Å². The number of amides is 3. The Morgan fingerprint density at radius 2 is 1.72 bits per heavy atom. The average Bonchev–Trinajstić information content (AvgIpc) is 2.65. The molecule has 1 heterocycles. The van der Waals surface area contributed by atoms with E-state index in [9.17, 15) is 14.4 Å². The molecule has 0 spiro atoms. The number of imide groups is 1. The molecule has 6 heteroatoms. The molecule has 100 valence electrons. The zero-order valence-corrected chi connectivity index (χ0v) is 10.4. The molecular weight excluding hydrogens is 234 g/mol. The predicted octanol–water partition coefficient (Wildman–Crippen LogP) is -0.453. The Hall–Kier alpha value is -1.69. The van der Waals surface area contributed by atoms with Crippen LogP contribution < -0.4 is 11.1 Å². The molecule has 0 fully saturated rings. The third-order valence-electron chi connectivity index (χ3n) is 2.66. The van der Waals surface area contributed by atoms with Crippen LogP contribution in [0.5, 0.6) is 0 Å². The fourth-order valence-corrected chi connectivity index (χ4v) is 1.64. The van der Waals surface area contributed by atoms with Crippen LogP contribution >= 0.6 is 0 Å². The van der Waals surface area contributed by atoms with Gasteiger partial charge in [-0.15, -0.1) is 0 Å². The fraction of sp³-hybridized carbons (Fsp3) is 0.583. The van der Waals surface area contributed by atoms with Crippen molar-refractivity contribution in [2.24, 2.45) is 5.73 Å². The Labute approximate surface area is 106 Å². The van der Waals surface area contributed by atoms with Gasteiger partial charge in [-0.3, -0.25) is 19.3 Å². The van der Waals surface area contributed by atoms with E-state index >= 15 is 0 Å². The monoisotopic (exact) mass is 253 g/mol. The van der Waals surface area contributed by atoms with Crippen molar-refractivity contribution in [2.75, 3.05) is 19.6 Å². The molecule has 1 aliphatic heterocycles. The highest BCUT2D eigenvalue weighted by molar-refractivity contribution is 6.14. The Kier molecular flexibility index (Phi) is 6.07. The van der Waals surface area contributed by atoms with Crippen molar-refractivity contribution in [1.29, 1.82) is 0 Å². The molecule has 1 aliphatic rings. The standard InChI is InChI=1S/C12H19N3O3/c13-7-3-1-2-4-8-14-10(16)9-15-11(17)5-6-12(15)18/h5-6H,1-4,7-9,13H2,(H,14,16). The summed E-state index contributed by atoms with van der Waals surface area (Å²) in [6.45, 7) is 1.05. The molecule has 0 aromatic carbocycles. The number of hydrogen-bond acceptors (Lipinski definition) is 4. The van der Waals surface area contributed by atoms with E-state index in [2.05, 4.69) is 5.32 Å². The molecule has 1 rings (SSSR count). The van der Waals surface area contributed by atoms with E-state index in [0.29, 0.717) is 13.1 Å². The molecule has 3 amide bonds. The molecule has 0 bridgehead atoms. The number of nitrogens with two attached hydrogens (primary N) is 1. The minimum absolute atomic E-state index is 0.201. The molecule has 0 saturated carbocycles. The Morgan fingerprint density at radius 1 is 1.11 bits per heavy atom. The molecule has 0 unspecified atom stereocenters. The fourth-order valence-electron chi connectivity index (χ4n) is 1.64. The lowest BCUT2D eigenvalue weighted by atomic mass is 10.2. The lowest BCUT2D eigenvalue weighted by Gasteiger charge is -2.13. The first-order valence-electron chi connectivity index (χ1n) is 6.15. The van der Waals surface area contributed by atoms with Crippen molar-refractivity contribution in [3.05, 3.63) is 12.2 Å². The van der Waals surface area contributed by atoms with E-state index in [1.165, 1.54) is 12.2 Å².